The average Bonchev–Trinajstić information content (AvgIpc) is 2.38. The molecule has 3 nitrogen and oxygen atoms in total. The van der Waals surface area contributed by atoms with E-state index in [9.17, 15) is 0 Å². The second kappa shape index (κ2) is 2.14. The van der Waals surface area contributed by atoms with E-state index < -0.39 is 5.41 Å². The van der Waals surface area contributed by atoms with Gasteiger partial charge in [-0.2, -0.15) is 5.26 Å². The van der Waals surface area contributed by atoms with Crippen LogP contribution in [-0.2, 0) is 5.41 Å². The van der Waals surface area contributed by atoms with Crippen LogP contribution in [0.25, 0.3) is 0 Å². The molecule has 0 atom stereocenters. The minimum absolute atomic E-state index is 0.535. The Hall–Kier alpha value is -1.30. The molecule has 0 fully saturated rings. The van der Waals surface area contributed by atoms with Crippen molar-refractivity contribution in [1.29, 1.82) is 5.26 Å². The van der Waals surface area contributed by atoms with Gasteiger partial charge in [0.05, 0.1) is 17.2 Å². The highest BCUT2D eigenvalue weighted by Gasteiger charge is 2.22. The molecule has 10 heavy (non-hydrogen) atoms. The molecule has 0 aliphatic carbocycles. The molecule has 0 spiro atoms. The molecule has 1 aromatic rings. The molecule has 0 saturated heterocycles. The topological polar surface area (TPSA) is 49.8 Å². The molecule has 1 rings (SSSR count). The van der Waals surface area contributed by atoms with Crippen molar-refractivity contribution < 1.29 is 4.42 Å². The number of hydrogen-bond donors (Lipinski definition) is 0. The SMILES string of the molecule is CC(C)(C#N)c1cocn1. The van der Waals surface area contributed by atoms with Gasteiger partial charge in [0.2, 0.25) is 0 Å². The van der Waals surface area contributed by atoms with E-state index in [2.05, 4.69) is 11.1 Å². The first-order valence-electron chi connectivity index (χ1n) is 2.97. The second-order valence-electron chi connectivity index (χ2n) is 2.61. The van der Waals surface area contributed by atoms with Gasteiger partial charge in [-0.25, -0.2) is 4.98 Å². The Balaban J connectivity index is 2.99. The highest BCUT2D eigenvalue weighted by Crippen LogP contribution is 2.18. The van der Waals surface area contributed by atoms with Crippen molar-refractivity contribution in [3.8, 4) is 6.07 Å². The third-order valence-corrected chi connectivity index (χ3v) is 1.35. The number of nitrogens with zero attached hydrogens (tertiary/aromatic N) is 2. The quantitative estimate of drug-likeness (QED) is 0.587. The van der Waals surface area contributed by atoms with Crippen LogP contribution in [0.3, 0.4) is 0 Å². The number of oxazole rings is 1. The molecule has 0 bridgehead atoms. The van der Waals surface area contributed by atoms with E-state index in [1.807, 2.05) is 0 Å². The van der Waals surface area contributed by atoms with Crippen LogP contribution in [0.1, 0.15) is 19.5 Å². The molecule has 0 aliphatic rings. The fraction of sp³-hybridized carbons (Fsp3) is 0.429. The zero-order chi connectivity index (χ0) is 7.61. The lowest BCUT2D eigenvalue weighted by Gasteiger charge is -2.08. The standard InChI is InChI=1S/C7H8N2O/c1-7(2,4-8)6-3-10-5-9-6/h3,5H,1-2H3. The van der Waals surface area contributed by atoms with Gasteiger partial charge in [-0.05, 0) is 13.8 Å². The van der Waals surface area contributed by atoms with Gasteiger partial charge >= 0.3 is 0 Å². The van der Waals surface area contributed by atoms with Crippen molar-refractivity contribution in [2.45, 2.75) is 19.3 Å². The molecule has 0 saturated carbocycles. The first kappa shape index (κ1) is 6.81. The Labute approximate surface area is 59.3 Å². The van der Waals surface area contributed by atoms with Crippen LogP contribution >= 0.6 is 0 Å². The molecule has 0 unspecified atom stereocenters. The monoisotopic (exact) mass is 136 g/mol. The van der Waals surface area contributed by atoms with E-state index in [0.717, 1.165) is 0 Å². The number of nitriles is 1. The third kappa shape index (κ3) is 1.01. The Bertz CT molecular complexity index is 243. The zero-order valence-corrected chi connectivity index (χ0v) is 5.96. The predicted molar refractivity (Wildman–Crippen MR) is 35.1 cm³/mol. The third-order valence-electron chi connectivity index (χ3n) is 1.35. The summed E-state index contributed by atoms with van der Waals surface area (Å²) >= 11 is 0. The summed E-state index contributed by atoms with van der Waals surface area (Å²) in [6.07, 6.45) is 2.82. The van der Waals surface area contributed by atoms with Gasteiger partial charge in [-0.15, -0.1) is 0 Å². The summed E-state index contributed by atoms with van der Waals surface area (Å²) in [7, 11) is 0. The van der Waals surface area contributed by atoms with Gasteiger partial charge in [0, 0.05) is 0 Å². The highest BCUT2D eigenvalue weighted by molar-refractivity contribution is 5.18. The molecular formula is C7H8N2O. The summed E-state index contributed by atoms with van der Waals surface area (Å²) in [6.45, 7) is 3.59. The molecule has 0 aromatic carbocycles. The fourth-order valence-electron chi connectivity index (χ4n) is 0.578. The maximum atomic E-state index is 8.63. The largest absolute Gasteiger partial charge is 0.451 e. The Kier molecular flexibility index (Phi) is 1.46. The number of rotatable bonds is 1. The van der Waals surface area contributed by atoms with Crippen LogP contribution in [0, 0.1) is 11.3 Å². The summed E-state index contributed by atoms with van der Waals surface area (Å²) in [4.78, 5) is 3.87. The van der Waals surface area contributed by atoms with Crippen LogP contribution < -0.4 is 0 Å². The van der Waals surface area contributed by atoms with Crippen LogP contribution in [-0.4, -0.2) is 4.98 Å². The summed E-state index contributed by atoms with van der Waals surface area (Å²) in [6, 6.07) is 2.12. The van der Waals surface area contributed by atoms with Gasteiger partial charge in [-0.1, -0.05) is 0 Å². The zero-order valence-electron chi connectivity index (χ0n) is 5.96. The summed E-state index contributed by atoms with van der Waals surface area (Å²) < 4.78 is 4.74. The first-order chi connectivity index (χ1) is 4.67. The molecule has 0 amide bonds. The van der Waals surface area contributed by atoms with E-state index in [-0.39, 0.29) is 0 Å². The maximum Gasteiger partial charge on any atom is 0.180 e. The minimum atomic E-state index is -0.535. The first-order valence-corrected chi connectivity index (χ1v) is 2.97. The Morgan fingerprint density at radius 2 is 2.40 bits per heavy atom. The lowest BCUT2D eigenvalue weighted by Crippen LogP contribution is -2.13. The van der Waals surface area contributed by atoms with Crippen LogP contribution in [0.4, 0.5) is 0 Å². The van der Waals surface area contributed by atoms with E-state index in [1.54, 1.807) is 13.8 Å². The average molecular weight is 136 g/mol. The molecule has 52 valence electrons. The molecule has 1 aromatic heterocycles. The van der Waals surface area contributed by atoms with E-state index in [0.29, 0.717) is 5.69 Å². The lowest BCUT2D eigenvalue weighted by molar-refractivity contribution is 0.551. The number of hydrogen-bond acceptors (Lipinski definition) is 3. The lowest BCUT2D eigenvalue weighted by atomic mass is 9.92. The van der Waals surface area contributed by atoms with Gasteiger partial charge in [-0.3, -0.25) is 0 Å². The highest BCUT2D eigenvalue weighted by atomic mass is 16.3. The van der Waals surface area contributed by atoms with E-state index in [1.165, 1.54) is 12.7 Å². The molecular weight excluding hydrogens is 128 g/mol. The summed E-state index contributed by atoms with van der Waals surface area (Å²) in [5.41, 5.74) is 0.141. The Morgan fingerprint density at radius 3 is 2.80 bits per heavy atom. The fourth-order valence-corrected chi connectivity index (χ4v) is 0.578. The Morgan fingerprint density at radius 1 is 1.70 bits per heavy atom. The van der Waals surface area contributed by atoms with Crippen molar-refractivity contribution in [2.24, 2.45) is 0 Å². The van der Waals surface area contributed by atoms with Crippen molar-refractivity contribution >= 4 is 0 Å². The van der Waals surface area contributed by atoms with Crippen molar-refractivity contribution in [3.63, 3.8) is 0 Å². The van der Waals surface area contributed by atoms with Gasteiger partial charge < -0.3 is 4.42 Å². The normalized spacial score (nSPS) is 10.9. The van der Waals surface area contributed by atoms with Crippen LogP contribution in [0.2, 0.25) is 0 Å². The smallest absolute Gasteiger partial charge is 0.180 e. The van der Waals surface area contributed by atoms with Crippen LogP contribution in [0.15, 0.2) is 17.1 Å². The van der Waals surface area contributed by atoms with Crippen LogP contribution in [0.5, 0.6) is 0 Å². The molecule has 3 heteroatoms. The molecule has 0 N–H and O–H groups in total. The van der Waals surface area contributed by atoms with Crippen molar-refractivity contribution in [3.05, 3.63) is 18.4 Å². The van der Waals surface area contributed by atoms with Crippen molar-refractivity contribution in [1.82, 2.24) is 4.98 Å². The van der Waals surface area contributed by atoms with E-state index >= 15 is 0 Å². The molecule has 0 aliphatic heterocycles. The summed E-state index contributed by atoms with van der Waals surface area (Å²) in [5, 5.41) is 8.63. The second-order valence-corrected chi connectivity index (χ2v) is 2.61. The summed E-state index contributed by atoms with van der Waals surface area (Å²) in [5.74, 6) is 0. The predicted octanol–water partition coefficient (Wildman–Crippen LogP) is 1.48. The van der Waals surface area contributed by atoms with Gasteiger partial charge in [0.25, 0.3) is 0 Å². The van der Waals surface area contributed by atoms with Gasteiger partial charge in [0.15, 0.2) is 6.39 Å². The van der Waals surface area contributed by atoms with Crippen molar-refractivity contribution in [2.75, 3.05) is 0 Å². The minimum Gasteiger partial charge on any atom is -0.451 e. The number of aromatic nitrogens is 1. The molecule has 1 heterocycles. The van der Waals surface area contributed by atoms with E-state index in [4.69, 9.17) is 9.68 Å². The molecule has 0 radical (unpaired) electrons. The van der Waals surface area contributed by atoms with Gasteiger partial charge in [0.1, 0.15) is 6.26 Å². The maximum absolute atomic E-state index is 8.63.